The van der Waals surface area contributed by atoms with Crippen LogP contribution in [-0.4, -0.2) is 4.57 Å². The van der Waals surface area contributed by atoms with Crippen molar-refractivity contribution >= 4 is 66.4 Å². The molecule has 1 atom stereocenters. The lowest BCUT2D eigenvalue weighted by atomic mass is 9.97. The van der Waals surface area contributed by atoms with E-state index in [1.165, 1.54) is 55.2 Å². The molecule has 0 N–H and O–H groups in total. The molecule has 2 aromatic heterocycles. The molecule has 11 rings (SSSR count). The zero-order chi connectivity index (χ0) is 37.7. The lowest BCUT2D eigenvalue weighted by Crippen LogP contribution is -2.10. The number of allylic oxidation sites excluding steroid dienone is 4. The number of benzene rings is 8. The Hall–Kier alpha value is -7.36. The van der Waals surface area contributed by atoms with E-state index in [0.717, 1.165) is 45.4 Å². The molecular weight excluding hydrogens is 693 g/mol. The van der Waals surface area contributed by atoms with E-state index in [4.69, 9.17) is 4.42 Å². The summed E-state index contributed by atoms with van der Waals surface area (Å²) < 4.78 is 9.11. The lowest BCUT2D eigenvalue weighted by molar-refractivity contribution is 0.649. The standard InChI is InChI=1S/C54H38N2O/c1-3-12-37(13-4-1)39-22-29-43(30-23-39)55(52-20-11-18-48-47-17-8-10-21-53(47)57-54(48)52)44-31-26-41(27-32-44)42-28-35-51-49(36-42)46-16-7-9-19-50(46)56(51)45-33-24-40(25-34-45)38-14-5-2-6-15-38/h1-33,35-36,45H,34H2. The van der Waals surface area contributed by atoms with Gasteiger partial charge in [-0.1, -0.05) is 158 Å². The molecule has 0 radical (unpaired) electrons. The molecule has 0 aliphatic heterocycles. The van der Waals surface area contributed by atoms with Gasteiger partial charge >= 0.3 is 0 Å². The number of hydrogen-bond donors (Lipinski definition) is 0. The molecule has 0 bridgehead atoms. The predicted molar refractivity (Wildman–Crippen MR) is 239 cm³/mol. The van der Waals surface area contributed by atoms with Crippen LogP contribution in [0.1, 0.15) is 18.0 Å². The maximum Gasteiger partial charge on any atom is 0.159 e. The van der Waals surface area contributed by atoms with Crippen molar-refractivity contribution in [3.8, 4) is 22.3 Å². The van der Waals surface area contributed by atoms with Gasteiger partial charge in [0.15, 0.2) is 5.58 Å². The quantitative estimate of drug-likeness (QED) is 0.163. The summed E-state index contributed by atoms with van der Waals surface area (Å²) >= 11 is 0. The molecule has 8 aromatic carbocycles. The summed E-state index contributed by atoms with van der Waals surface area (Å²) in [6, 6.07) is 69.8. The number of rotatable bonds is 7. The first-order valence-electron chi connectivity index (χ1n) is 19.7. The van der Waals surface area contributed by atoms with E-state index in [9.17, 15) is 0 Å². The van der Waals surface area contributed by atoms with Gasteiger partial charge in [-0.3, -0.25) is 0 Å². The van der Waals surface area contributed by atoms with Crippen LogP contribution in [0.15, 0.2) is 217 Å². The first-order valence-corrected chi connectivity index (χ1v) is 19.7. The van der Waals surface area contributed by atoms with Crippen molar-refractivity contribution in [1.29, 1.82) is 0 Å². The maximum atomic E-state index is 6.59. The van der Waals surface area contributed by atoms with Crippen molar-refractivity contribution in [3.05, 3.63) is 218 Å². The van der Waals surface area contributed by atoms with E-state index in [1.807, 2.05) is 12.1 Å². The Morgan fingerprint density at radius 3 is 1.75 bits per heavy atom. The van der Waals surface area contributed by atoms with Crippen molar-refractivity contribution in [2.75, 3.05) is 4.90 Å². The van der Waals surface area contributed by atoms with Crippen LogP contribution in [0.25, 0.3) is 71.6 Å². The highest BCUT2D eigenvalue weighted by molar-refractivity contribution is 6.11. The van der Waals surface area contributed by atoms with Crippen LogP contribution in [0.4, 0.5) is 17.1 Å². The summed E-state index contributed by atoms with van der Waals surface area (Å²) in [7, 11) is 0. The summed E-state index contributed by atoms with van der Waals surface area (Å²) in [5, 5.41) is 4.78. The van der Waals surface area contributed by atoms with E-state index < -0.39 is 0 Å². The van der Waals surface area contributed by atoms with Crippen molar-refractivity contribution in [2.24, 2.45) is 0 Å². The van der Waals surface area contributed by atoms with E-state index in [2.05, 4.69) is 210 Å². The summed E-state index contributed by atoms with van der Waals surface area (Å²) in [6.07, 6.45) is 7.99. The predicted octanol–water partition coefficient (Wildman–Crippen LogP) is 15.1. The fourth-order valence-corrected chi connectivity index (χ4v) is 8.76. The Balaban J connectivity index is 0.977. The minimum absolute atomic E-state index is 0.244. The van der Waals surface area contributed by atoms with Crippen LogP contribution in [0.5, 0.6) is 0 Å². The first-order chi connectivity index (χ1) is 28.3. The molecule has 57 heavy (non-hydrogen) atoms. The number of furan rings is 1. The smallest absolute Gasteiger partial charge is 0.159 e. The molecule has 0 saturated carbocycles. The van der Waals surface area contributed by atoms with Gasteiger partial charge < -0.3 is 13.9 Å². The van der Waals surface area contributed by atoms with Gasteiger partial charge in [0.2, 0.25) is 0 Å². The molecule has 0 amide bonds. The molecule has 3 nitrogen and oxygen atoms in total. The van der Waals surface area contributed by atoms with Gasteiger partial charge in [-0.2, -0.15) is 0 Å². The van der Waals surface area contributed by atoms with E-state index in [0.29, 0.717) is 0 Å². The summed E-state index contributed by atoms with van der Waals surface area (Å²) in [5.74, 6) is 0. The van der Waals surface area contributed by atoms with Gasteiger partial charge in [0, 0.05) is 44.0 Å². The highest BCUT2D eigenvalue weighted by Crippen LogP contribution is 2.44. The molecule has 1 aliphatic rings. The molecule has 0 spiro atoms. The summed E-state index contributed by atoms with van der Waals surface area (Å²) in [5.41, 5.74) is 14.7. The Morgan fingerprint density at radius 1 is 0.456 bits per heavy atom. The minimum Gasteiger partial charge on any atom is -0.454 e. The zero-order valence-electron chi connectivity index (χ0n) is 31.3. The molecule has 3 heteroatoms. The van der Waals surface area contributed by atoms with Crippen molar-refractivity contribution in [3.63, 3.8) is 0 Å². The second kappa shape index (κ2) is 13.7. The molecule has 2 heterocycles. The van der Waals surface area contributed by atoms with Crippen LogP contribution in [0.2, 0.25) is 0 Å². The van der Waals surface area contributed by atoms with Crippen LogP contribution in [-0.2, 0) is 0 Å². The fraction of sp³-hybridized carbons (Fsp3) is 0.0370. The van der Waals surface area contributed by atoms with Crippen LogP contribution >= 0.6 is 0 Å². The van der Waals surface area contributed by atoms with Crippen molar-refractivity contribution < 1.29 is 4.42 Å². The van der Waals surface area contributed by atoms with Crippen molar-refractivity contribution in [2.45, 2.75) is 12.5 Å². The average molecular weight is 731 g/mol. The Bertz CT molecular complexity index is 3130. The van der Waals surface area contributed by atoms with Gasteiger partial charge in [-0.25, -0.2) is 0 Å². The Kier molecular flexibility index (Phi) is 7.96. The second-order valence-electron chi connectivity index (χ2n) is 14.9. The maximum absolute atomic E-state index is 6.59. The summed E-state index contributed by atoms with van der Waals surface area (Å²) in [4.78, 5) is 2.31. The molecule has 10 aromatic rings. The Labute approximate surface area is 331 Å². The number of aromatic nitrogens is 1. The number of fused-ring (bicyclic) bond motifs is 6. The molecule has 1 aliphatic carbocycles. The molecular formula is C54H38N2O. The van der Waals surface area contributed by atoms with Crippen LogP contribution in [0, 0.1) is 0 Å². The van der Waals surface area contributed by atoms with Crippen molar-refractivity contribution in [1.82, 2.24) is 4.57 Å². The monoisotopic (exact) mass is 730 g/mol. The minimum atomic E-state index is 0.244. The van der Waals surface area contributed by atoms with Crippen LogP contribution in [0.3, 0.4) is 0 Å². The lowest BCUT2D eigenvalue weighted by Gasteiger charge is -2.26. The molecule has 0 saturated heterocycles. The van der Waals surface area contributed by atoms with Gasteiger partial charge in [0.25, 0.3) is 0 Å². The van der Waals surface area contributed by atoms with Gasteiger partial charge in [0.1, 0.15) is 5.58 Å². The van der Waals surface area contributed by atoms with Gasteiger partial charge in [0.05, 0.1) is 11.7 Å². The van der Waals surface area contributed by atoms with Gasteiger partial charge in [-0.15, -0.1) is 0 Å². The van der Waals surface area contributed by atoms with Gasteiger partial charge in [-0.05, 0) is 94.4 Å². The number of para-hydroxylation sites is 3. The third-order valence-electron chi connectivity index (χ3n) is 11.5. The van der Waals surface area contributed by atoms with Crippen LogP contribution < -0.4 is 4.90 Å². The molecule has 0 fully saturated rings. The SMILES string of the molecule is C1=CC(n2c3ccccc3c3cc(-c4ccc(N(c5ccc(-c6ccccc6)cc5)c5cccc6c5oc5ccccc56)cc4)ccc32)CC=C1c1ccccc1. The fourth-order valence-electron chi connectivity index (χ4n) is 8.76. The molecule has 270 valence electrons. The number of hydrogen-bond acceptors (Lipinski definition) is 2. The number of nitrogens with zero attached hydrogens (tertiary/aromatic N) is 2. The average Bonchev–Trinajstić information content (AvgIpc) is 3.84. The molecule has 1 unspecified atom stereocenters. The highest BCUT2D eigenvalue weighted by Gasteiger charge is 2.21. The first kappa shape index (κ1) is 33.0. The third-order valence-corrected chi connectivity index (χ3v) is 11.5. The van der Waals surface area contributed by atoms with E-state index >= 15 is 0 Å². The topological polar surface area (TPSA) is 21.3 Å². The second-order valence-corrected chi connectivity index (χ2v) is 14.9. The van der Waals surface area contributed by atoms with E-state index in [1.54, 1.807) is 0 Å². The largest absolute Gasteiger partial charge is 0.454 e. The zero-order valence-corrected chi connectivity index (χ0v) is 31.3. The Morgan fingerprint density at radius 2 is 1.04 bits per heavy atom. The normalized spacial score (nSPS) is 14.1. The number of anilines is 3. The summed E-state index contributed by atoms with van der Waals surface area (Å²) in [6.45, 7) is 0. The third kappa shape index (κ3) is 5.75. The highest BCUT2D eigenvalue weighted by atomic mass is 16.3. The van der Waals surface area contributed by atoms with E-state index in [-0.39, 0.29) is 6.04 Å².